The molecule has 4 nitrogen and oxygen atoms in total. The number of hydrogen-bond acceptors (Lipinski definition) is 3. The zero-order valence-electron chi connectivity index (χ0n) is 11.5. The number of hydrogen-bond donors (Lipinski definition) is 1. The second kappa shape index (κ2) is 5.95. The monoisotopic (exact) mass is 292 g/mol. The first-order chi connectivity index (χ1) is 9.75. The quantitative estimate of drug-likeness (QED) is 0.928. The Morgan fingerprint density at radius 1 is 1.25 bits per heavy atom. The van der Waals surface area contributed by atoms with Crippen molar-refractivity contribution in [1.29, 1.82) is 0 Å². The minimum Gasteiger partial charge on any atom is -0.345 e. The molecule has 1 aromatic rings. The molecule has 20 heavy (non-hydrogen) atoms. The predicted octanol–water partition coefficient (Wildman–Crippen LogP) is 2.16. The molecule has 0 spiro atoms. The van der Waals surface area contributed by atoms with Crippen LogP contribution in [0.2, 0.25) is 0 Å². The Labute approximate surface area is 123 Å². The third kappa shape index (κ3) is 2.73. The number of rotatable bonds is 3. The van der Waals surface area contributed by atoms with E-state index in [-0.39, 0.29) is 24.4 Å². The molecule has 1 aromatic heterocycles. The normalized spacial score (nSPS) is 24.8. The molecule has 1 saturated heterocycles. The lowest BCUT2D eigenvalue weighted by Gasteiger charge is -2.40. The Bertz CT molecular complexity index is 480. The zero-order chi connectivity index (χ0) is 13.9. The molecule has 1 unspecified atom stereocenters. The van der Waals surface area contributed by atoms with Crippen LogP contribution in [-0.2, 0) is 16.1 Å². The van der Waals surface area contributed by atoms with Crippen LogP contribution < -0.4 is 5.32 Å². The molecule has 1 saturated carbocycles. The predicted molar refractivity (Wildman–Crippen MR) is 78.2 cm³/mol. The van der Waals surface area contributed by atoms with Crippen molar-refractivity contribution in [3.05, 3.63) is 22.4 Å². The Morgan fingerprint density at radius 2 is 2.05 bits per heavy atom. The van der Waals surface area contributed by atoms with E-state index in [9.17, 15) is 9.59 Å². The Balaban J connectivity index is 1.80. The van der Waals surface area contributed by atoms with E-state index >= 15 is 0 Å². The van der Waals surface area contributed by atoms with Crippen molar-refractivity contribution in [3.63, 3.8) is 0 Å². The molecular formula is C15H20N2O2S. The van der Waals surface area contributed by atoms with Crippen molar-refractivity contribution >= 4 is 23.2 Å². The van der Waals surface area contributed by atoms with Crippen LogP contribution in [0.5, 0.6) is 0 Å². The third-order valence-electron chi connectivity index (χ3n) is 4.37. The summed E-state index contributed by atoms with van der Waals surface area (Å²) in [6, 6.07) is 1.76. The molecule has 2 amide bonds. The fourth-order valence-electron chi connectivity index (χ4n) is 3.35. The maximum atomic E-state index is 12.3. The summed E-state index contributed by atoms with van der Waals surface area (Å²) in [6.07, 6.45) is 5.73. The van der Waals surface area contributed by atoms with Gasteiger partial charge in [-0.25, -0.2) is 0 Å². The highest BCUT2D eigenvalue weighted by atomic mass is 32.1. The molecule has 3 rings (SSSR count). The molecule has 2 fully saturated rings. The summed E-state index contributed by atoms with van der Waals surface area (Å²) in [5, 5.41) is 6.83. The van der Waals surface area contributed by atoms with Crippen LogP contribution in [0.25, 0.3) is 0 Å². The molecule has 1 aliphatic heterocycles. The Hall–Kier alpha value is -1.36. The van der Waals surface area contributed by atoms with Gasteiger partial charge in [0, 0.05) is 6.54 Å². The first-order valence-corrected chi connectivity index (χ1v) is 8.28. The van der Waals surface area contributed by atoms with Gasteiger partial charge < -0.3 is 10.2 Å². The molecule has 1 atom stereocenters. The summed E-state index contributed by atoms with van der Waals surface area (Å²) in [6.45, 7) is 0.711. The second-order valence-corrected chi connectivity index (χ2v) is 6.49. The zero-order valence-corrected chi connectivity index (χ0v) is 12.3. The Kier molecular flexibility index (Phi) is 4.05. The number of nitrogens with one attached hydrogen (secondary N) is 1. The van der Waals surface area contributed by atoms with Crippen molar-refractivity contribution < 1.29 is 9.59 Å². The largest absolute Gasteiger partial charge is 0.345 e. The summed E-state index contributed by atoms with van der Waals surface area (Å²) in [5.41, 5.74) is 1.12. The molecule has 0 radical (unpaired) electrons. The average molecular weight is 292 g/mol. The van der Waals surface area contributed by atoms with Crippen LogP contribution >= 0.6 is 11.3 Å². The van der Waals surface area contributed by atoms with Crippen molar-refractivity contribution in [2.24, 2.45) is 5.92 Å². The molecule has 2 aliphatic rings. The number of carbonyl (C=O) groups excluding carboxylic acids is 2. The number of carbonyl (C=O) groups is 2. The lowest BCUT2D eigenvalue weighted by Crippen LogP contribution is -2.60. The van der Waals surface area contributed by atoms with Gasteiger partial charge in [-0.15, -0.1) is 0 Å². The highest BCUT2D eigenvalue weighted by Gasteiger charge is 2.40. The molecule has 5 heteroatoms. The number of nitrogens with zero attached hydrogens (tertiary/aromatic N) is 1. The fraction of sp³-hybridized carbons (Fsp3) is 0.600. The van der Waals surface area contributed by atoms with E-state index in [4.69, 9.17) is 0 Å². The standard InChI is InChI=1S/C15H20N2O2S/c18-13-8-16-15(19)14(12-4-2-1-3-5-12)17(13)9-11-6-7-20-10-11/h6-7,10,12,14H,1-5,8-9H2,(H,16,19). The SMILES string of the molecule is O=C1NCC(=O)N(Cc2ccsc2)C1C1CCCCC1. The second-order valence-electron chi connectivity index (χ2n) is 5.71. The van der Waals surface area contributed by atoms with Gasteiger partial charge in [0.05, 0.1) is 6.54 Å². The minimum absolute atomic E-state index is 0.0340. The molecule has 1 aliphatic carbocycles. The molecule has 0 aromatic carbocycles. The third-order valence-corrected chi connectivity index (χ3v) is 5.10. The van der Waals surface area contributed by atoms with E-state index in [1.54, 1.807) is 16.2 Å². The first-order valence-electron chi connectivity index (χ1n) is 7.34. The number of piperazine rings is 1. The number of thiophene rings is 1. The van der Waals surface area contributed by atoms with Crippen molar-refractivity contribution in [1.82, 2.24) is 10.2 Å². The maximum absolute atomic E-state index is 12.3. The van der Waals surface area contributed by atoms with Crippen LogP contribution in [0.15, 0.2) is 16.8 Å². The van der Waals surface area contributed by atoms with E-state index in [0.29, 0.717) is 12.5 Å². The lowest BCUT2D eigenvalue weighted by molar-refractivity contribution is -0.149. The van der Waals surface area contributed by atoms with Gasteiger partial charge in [-0.05, 0) is 41.1 Å². The van der Waals surface area contributed by atoms with Crippen LogP contribution in [-0.4, -0.2) is 29.3 Å². The first kappa shape index (κ1) is 13.6. The minimum atomic E-state index is -0.267. The van der Waals surface area contributed by atoms with Gasteiger partial charge in [0.15, 0.2) is 0 Å². The van der Waals surface area contributed by atoms with Gasteiger partial charge in [0.1, 0.15) is 6.04 Å². The van der Waals surface area contributed by atoms with E-state index in [1.807, 2.05) is 11.4 Å². The van der Waals surface area contributed by atoms with Gasteiger partial charge in [0.25, 0.3) is 0 Å². The summed E-state index contributed by atoms with van der Waals surface area (Å²) in [7, 11) is 0. The van der Waals surface area contributed by atoms with Crippen molar-refractivity contribution in [2.75, 3.05) is 6.54 Å². The van der Waals surface area contributed by atoms with Crippen LogP contribution in [0.1, 0.15) is 37.7 Å². The lowest BCUT2D eigenvalue weighted by atomic mass is 9.82. The smallest absolute Gasteiger partial charge is 0.243 e. The topological polar surface area (TPSA) is 49.4 Å². The van der Waals surface area contributed by atoms with Crippen LogP contribution in [0.4, 0.5) is 0 Å². The average Bonchev–Trinajstić information content (AvgIpc) is 2.97. The maximum Gasteiger partial charge on any atom is 0.243 e. The van der Waals surface area contributed by atoms with Gasteiger partial charge in [-0.2, -0.15) is 11.3 Å². The number of amides is 2. The highest BCUT2D eigenvalue weighted by molar-refractivity contribution is 7.07. The van der Waals surface area contributed by atoms with E-state index in [0.717, 1.165) is 18.4 Å². The van der Waals surface area contributed by atoms with Gasteiger partial charge in [0.2, 0.25) is 11.8 Å². The Morgan fingerprint density at radius 3 is 2.75 bits per heavy atom. The fourth-order valence-corrected chi connectivity index (χ4v) is 4.01. The van der Waals surface area contributed by atoms with E-state index in [1.165, 1.54) is 19.3 Å². The van der Waals surface area contributed by atoms with Crippen molar-refractivity contribution in [3.8, 4) is 0 Å². The van der Waals surface area contributed by atoms with E-state index in [2.05, 4.69) is 10.7 Å². The van der Waals surface area contributed by atoms with Gasteiger partial charge >= 0.3 is 0 Å². The van der Waals surface area contributed by atoms with Gasteiger partial charge in [-0.1, -0.05) is 19.3 Å². The van der Waals surface area contributed by atoms with E-state index < -0.39 is 0 Å². The van der Waals surface area contributed by atoms with Gasteiger partial charge in [-0.3, -0.25) is 9.59 Å². The van der Waals surface area contributed by atoms with Crippen LogP contribution in [0.3, 0.4) is 0 Å². The summed E-state index contributed by atoms with van der Waals surface area (Å²) >= 11 is 1.63. The molecular weight excluding hydrogens is 272 g/mol. The molecule has 0 bridgehead atoms. The molecule has 2 heterocycles. The van der Waals surface area contributed by atoms with Crippen LogP contribution in [0, 0.1) is 5.92 Å². The van der Waals surface area contributed by atoms with Crippen molar-refractivity contribution in [2.45, 2.75) is 44.7 Å². The summed E-state index contributed by atoms with van der Waals surface area (Å²) in [5.74, 6) is 0.407. The molecule has 1 N–H and O–H groups in total. The summed E-state index contributed by atoms with van der Waals surface area (Å²) < 4.78 is 0. The molecule has 108 valence electrons. The highest BCUT2D eigenvalue weighted by Crippen LogP contribution is 2.31. The summed E-state index contributed by atoms with van der Waals surface area (Å²) in [4.78, 5) is 26.3.